The van der Waals surface area contributed by atoms with E-state index in [1.54, 1.807) is 75.5 Å². The Bertz CT molecular complexity index is 1890. The van der Waals surface area contributed by atoms with Crippen LogP contribution in [0.3, 0.4) is 0 Å². The fourth-order valence-corrected chi connectivity index (χ4v) is 7.42. The number of ether oxygens (including phenoxy) is 2. The Kier molecular flexibility index (Phi) is 11.0. The second-order valence-electron chi connectivity index (χ2n) is 11.7. The number of phenolic OH excluding ortho intramolecular Hbond substituents is 1. The van der Waals surface area contributed by atoms with Gasteiger partial charge >= 0.3 is 13.5 Å². The summed E-state index contributed by atoms with van der Waals surface area (Å²) in [6.45, 7) is 5.24. The smallest absolute Gasteiger partial charge is 0.342 e. The summed E-state index contributed by atoms with van der Waals surface area (Å²) in [5, 5.41) is 14.3. The van der Waals surface area contributed by atoms with Crippen LogP contribution in [0.15, 0.2) is 72.9 Å². The molecule has 258 valence electrons. The maximum absolute atomic E-state index is 14.1. The van der Waals surface area contributed by atoms with E-state index in [4.69, 9.17) is 14.0 Å². The molecule has 0 radical (unpaired) electrons. The molecule has 0 bridgehead atoms. The predicted molar refractivity (Wildman–Crippen MR) is 180 cm³/mol. The number of hydrogen-bond donors (Lipinski definition) is 2. The Morgan fingerprint density at radius 3 is 2.51 bits per heavy atom. The molecule has 4 aromatic rings. The average Bonchev–Trinajstić information content (AvgIpc) is 3.40. The molecule has 2 heterocycles. The van der Waals surface area contributed by atoms with Crippen LogP contribution in [0.5, 0.6) is 11.5 Å². The number of likely N-dealkylation sites (N-methyl/N-ethyl adjacent to an activating group) is 1. The summed E-state index contributed by atoms with van der Waals surface area (Å²) < 4.78 is 44.2. The normalized spacial score (nSPS) is 15.0. The van der Waals surface area contributed by atoms with Crippen molar-refractivity contribution in [3.05, 3.63) is 101 Å². The van der Waals surface area contributed by atoms with E-state index in [0.29, 0.717) is 22.3 Å². The summed E-state index contributed by atoms with van der Waals surface area (Å²) in [7, 11) is -2.26. The topological polar surface area (TPSA) is 148 Å². The Balaban J connectivity index is 1.35. The van der Waals surface area contributed by atoms with Gasteiger partial charge in [-0.1, -0.05) is 36.4 Å². The van der Waals surface area contributed by atoms with Gasteiger partial charge in [0.25, 0.3) is 11.8 Å². The summed E-state index contributed by atoms with van der Waals surface area (Å²) in [6, 6.07) is 16.5. The Hall–Kier alpha value is -4.84. The third-order valence-corrected chi connectivity index (χ3v) is 9.70. The predicted octanol–water partition coefficient (Wildman–Crippen LogP) is 5.48. The lowest BCUT2D eigenvalue weighted by Crippen LogP contribution is -2.37. The highest BCUT2D eigenvalue weighted by atomic mass is 31.2. The number of carbonyl (C=O) groups is 3. The Labute approximate surface area is 283 Å². The number of rotatable bonds is 14. The second-order valence-corrected chi connectivity index (χ2v) is 13.8. The molecule has 0 saturated heterocycles. The minimum absolute atomic E-state index is 0.00449. The summed E-state index contributed by atoms with van der Waals surface area (Å²) in [4.78, 5) is 47.2. The van der Waals surface area contributed by atoms with E-state index in [0.717, 1.165) is 0 Å². The van der Waals surface area contributed by atoms with Gasteiger partial charge in [-0.25, -0.2) is 9.48 Å². The highest BCUT2D eigenvalue weighted by Gasteiger charge is 2.38. The molecule has 49 heavy (non-hydrogen) atoms. The van der Waals surface area contributed by atoms with Crippen LogP contribution in [-0.4, -0.2) is 76.4 Å². The highest BCUT2D eigenvalue weighted by Crippen LogP contribution is 2.44. The molecule has 1 unspecified atom stereocenters. The molecule has 2 amide bonds. The molecule has 0 aliphatic carbocycles. The van der Waals surface area contributed by atoms with E-state index in [2.05, 4.69) is 10.1 Å². The van der Waals surface area contributed by atoms with E-state index in [1.165, 1.54) is 35.1 Å². The molecule has 3 aromatic carbocycles. The zero-order valence-corrected chi connectivity index (χ0v) is 28.5. The number of para-hydroxylation sites is 1. The SMILES string of the molecule is CCOC(=O)[C@H](C)NP(=O)(CO[C@H](C)CN(C)C(=O)c1c2c(c(O)c3ncccc13)C(=O)N(Cc1ccc(F)cc1)C2)Oc1ccccc1. The van der Waals surface area contributed by atoms with Crippen molar-refractivity contribution >= 4 is 36.2 Å². The minimum Gasteiger partial charge on any atom is -0.505 e. The molecule has 0 spiro atoms. The van der Waals surface area contributed by atoms with Crippen LogP contribution in [0.25, 0.3) is 10.9 Å². The molecule has 1 aliphatic heterocycles. The number of benzene rings is 3. The quantitative estimate of drug-likeness (QED) is 0.129. The standard InChI is InChI=1S/C35H38FN4O8P/c1-5-46-35(44)23(3)38-49(45,48-26-10-7-6-8-11-26)21-47-22(2)18-39(4)33(42)29-27-12-9-17-37-31(27)32(41)30-28(29)20-40(34(30)43)19-24-13-15-25(36)16-14-24/h6-17,22-23,41H,5,18-21H2,1-4H3,(H,38,45)/t22-,23+,49?/m1/s1. The lowest BCUT2D eigenvalue weighted by molar-refractivity contribution is -0.144. The molecule has 1 aliphatic rings. The van der Waals surface area contributed by atoms with E-state index in [1.807, 2.05) is 0 Å². The number of carbonyl (C=O) groups excluding carboxylic acids is 3. The number of amides is 2. The fraction of sp³-hybridized carbons (Fsp3) is 0.314. The van der Waals surface area contributed by atoms with E-state index < -0.39 is 49.6 Å². The molecule has 3 atom stereocenters. The van der Waals surface area contributed by atoms with Gasteiger partial charge in [0.05, 0.1) is 23.8 Å². The molecule has 0 fully saturated rings. The van der Waals surface area contributed by atoms with Gasteiger partial charge in [0.2, 0.25) is 0 Å². The molecule has 5 rings (SSSR count). The van der Waals surface area contributed by atoms with Crippen LogP contribution < -0.4 is 9.61 Å². The van der Waals surface area contributed by atoms with Crippen molar-refractivity contribution in [1.82, 2.24) is 19.9 Å². The van der Waals surface area contributed by atoms with Gasteiger partial charge in [-0.2, -0.15) is 0 Å². The number of fused-ring (bicyclic) bond motifs is 2. The largest absolute Gasteiger partial charge is 0.505 e. The number of aromatic hydroxyl groups is 1. The zero-order chi connectivity index (χ0) is 35.3. The van der Waals surface area contributed by atoms with Crippen molar-refractivity contribution in [3.8, 4) is 11.5 Å². The third-order valence-electron chi connectivity index (χ3n) is 7.93. The van der Waals surface area contributed by atoms with Crippen LogP contribution in [0.4, 0.5) is 4.39 Å². The molecule has 12 nitrogen and oxygen atoms in total. The molecule has 1 aromatic heterocycles. The molecular weight excluding hydrogens is 654 g/mol. The summed E-state index contributed by atoms with van der Waals surface area (Å²) in [6.07, 6.45) is 0.376. The highest BCUT2D eigenvalue weighted by molar-refractivity contribution is 7.57. The summed E-state index contributed by atoms with van der Waals surface area (Å²) in [5.41, 5.74) is 1.35. The lowest BCUT2D eigenvalue weighted by atomic mass is 9.95. The van der Waals surface area contributed by atoms with Gasteiger partial charge < -0.3 is 28.9 Å². The van der Waals surface area contributed by atoms with Crippen molar-refractivity contribution in [2.75, 3.05) is 26.5 Å². The van der Waals surface area contributed by atoms with Crippen molar-refractivity contribution in [2.24, 2.45) is 0 Å². The minimum atomic E-state index is -3.83. The van der Waals surface area contributed by atoms with Crippen LogP contribution >= 0.6 is 7.52 Å². The Morgan fingerprint density at radius 1 is 1.10 bits per heavy atom. The van der Waals surface area contributed by atoms with Gasteiger partial charge in [0.1, 0.15) is 29.5 Å². The van der Waals surface area contributed by atoms with Crippen LogP contribution in [0.2, 0.25) is 0 Å². The number of phenols is 1. The van der Waals surface area contributed by atoms with Gasteiger partial charge in [-0.15, -0.1) is 0 Å². The number of esters is 1. The second kappa shape index (κ2) is 15.1. The first-order valence-corrected chi connectivity index (χ1v) is 17.5. The van der Waals surface area contributed by atoms with Crippen LogP contribution in [-0.2, 0) is 31.9 Å². The molecule has 2 N–H and O–H groups in total. The fourth-order valence-electron chi connectivity index (χ4n) is 5.63. The maximum Gasteiger partial charge on any atom is 0.342 e. The number of nitrogens with zero attached hydrogens (tertiary/aromatic N) is 3. The third kappa shape index (κ3) is 8.07. The molecule has 0 saturated carbocycles. The van der Waals surface area contributed by atoms with Gasteiger partial charge in [0, 0.05) is 43.8 Å². The summed E-state index contributed by atoms with van der Waals surface area (Å²) >= 11 is 0. The molecule has 14 heteroatoms. The first-order chi connectivity index (χ1) is 23.4. The average molecular weight is 693 g/mol. The van der Waals surface area contributed by atoms with Crippen LogP contribution in [0, 0.1) is 5.82 Å². The van der Waals surface area contributed by atoms with Gasteiger partial charge in [-0.05, 0) is 56.7 Å². The van der Waals surface area contributed by atoms with Crippen molar-refractivity contribution in [1.29, 1.82) is 0 Å². The Morgan fingerprint density at radius 2 is 1.82 bits per heavy atom. The first kappa shape index (κ1) is 35.5. The molecular formula is C35H38FN4O8P. The number of pyridine rings is 1. The number of nitrogens with one attached hydrogen (secondary N) is 1. The number of hydrogen-bond acceptors (Lipinski definition) is 9. The van der Waals surface area contributed by atoms with E-state index >= 15 is 0 Å². The van der Waals surface area contributed by atoms with Gasteiger partial charge in [0.15, 0.2) is 5.75 Å². The maximum atomic E-state index is 14.1. The van der Waals surface area contributed by atoms with E-state index in [9.17, 15) is 28.4 Å². The first-order valence-electron chi connectivity index (χ1n) is 15.7. The van der Waals surface area contributed by atoms with Gasteiger partial charge in [-0.3, -0.25) is 23.9 Å². The number of halogens is 1. The number of aromatic nitrogens is 1. The summed E-state index contributed by atoms with van der Waals surface area (Å²) in [5.74, 6) is -1.93. The van der Waals surface area contributed by atoms with E-state index in [-0.39, 0.29) is 48.6 Å². The van der Waals surface area contributed by atoms with Crippen LogP contribution in [0.1, 0.15) is 52.6 Å². The lowest BCUT2D eigenvalue weighted by Gasteiger charge is -2.27. The monoisotopic (exact) mass is 692 g/mol. The van der Waals surface area contributed by atoms with Crippen molar-refractivity contribution in [3.63, 3.8) is 0 Å². The van der Waals surface area contributed by atoms with Crippen molar-refractivity contribution < 1.29 is 42.4 Å². The zero-order valence-electron chi connectivity index (χ0n) is 27.6. The van der Waals surface area contributed by atoms with Crippen molar-refractivity contribution in [2.45, 2.75) is 46.0 Å².